The summed E-state index contributed by atoms with van der Waals surface area (Å²) in [6, 6.07) is 4.03. The Balaban J connectivity index is 2.03. The van der Waals surface area contributed by atoms with E-state index in [1.54, 1.807) is 18.3 Å². The Bertz CT molecular complexity index is 471. The van der Waals surface area contributed by atoms with E-state index in [2.05, 4.69) is 21.7 Å². The number of nitrogens with two attached hydrogens (primary N) is 2. The first-order valence-corrected chi connectivity index (χ1v) is 7.61. The average Bonchev–Trinajstić information content (AvgIpc) is 2.53. The molecule has 1 fully saturated rings. The summed E-state index contributed by atoms with van der Waals surface area (Å²) in [5.41, 5.74) is 11.6. The van der Waals surface area contributed by atoms with Crippen molar-refractivity contribution < 1.29 is 4.79 Å². The number of nitrogens with zero attached hydrogens (tertiary/aromatic N) is 3. The second-order valence-electron chi connectivity index (χ2n) is 5.40. The van der Waals surface area contributed by atoms with Crippen LogP contribution in [0, 0.1) is 0 Å². The summed E-state index contributed by atoms with van der Waals surface area (Å²) in [7, 11) is 0. The topological polar surface area (TPSA) is 88.5 Å². The molecule has 1 unspecified atom stereocenters. The van der Waals surface area contributed by atoms with Gasteiger partial charge in [-0.05, 0) is 31.5 Å². The van der Waals surface area contributed by atoms with Crippen LogP contribution in [0.2, 0.25) is 0 Å². The third-order valence-electron chi connectivity index (χ3n) is 4.15. The molecule has 4 N–H and O–H groups in total. The van der Waals surface area contributed by atoms with Gasteiger partial charge in [0.2, 0.25) is 0 Å². The fourth-order valence-electron chi connectivity index (χ4n) is 2.98. The molecule has 0 bridgehead atoms. The summed E-state index contributed by atoms with van der Waals surface area (Å²) in [6.45, 7) is 6.58. The van der Waals surface area contributed by atoms with Crippen LogP contribution in [0.4, 0.5) is 5.82 Å². The van der Waals surface area contributed by atoms with E-state index in [4.69, 9.17) is 11.5 Å². The minimum Gasteiger partial charge on any atom is -0.365 e. The number of pyridine rings is 1. The predicted molar refractivity (Wildman–Crippen MR) is 84.3 cm³/mol. The summed E-state index contributed by atoms with van der Waals surface area (Å²) in [5, 5.41) is 0. The van der Waals surface area contributed by atoms with Crippen LogP contribution in [-0.4, -0.2) is 54.6 Å². The van der Waals surface area contributed by atoms with Gasteiger partial charge in [-0.25, -0.2) is 4.98 Å². The standard InChI is InChI=1S/C15H25N5O/c1-2-12(5-6-16)19-8-10-20(11-9-19)15-13(14(17)21)4-3-7-18-15/h3-4,7,12H,2,5-6,8-11,16H2,1H3,(H2,17,21). The van der Waals surface area contributed by atoms with Gasteiger partial charge in [0, 0.05) is 38.4 Å². The Morgan fingerprint density at radius 3 is 2.67 bits per heavy atom. The molecule has 6 nitrogen and oxygen atoms in total. The zero-order chi connectivity index (χ0) is 15.2. The summed E-state index contributed by atoms with van der Waals surface area (Å²) >= 11 is 0. The highest BCUT2D eigenvalue weighted by Gasteiger charge is 2.24. The van der Waals surface area contributed by atoms with E-state index >= 15 is 0 Å². The van der Waals surface area contributed by atoms with Crippen molar-refractivity contribution in [2.24, 2.45) is 11.5 Å². The molecule has 2 rings (SSSR count). The Morgan fingerprint density at radius 1 is 1.38 bits per heavy atom. The maximum atomic E-state index is 11.5. The number of rotatable bonds is 6. The van der Waals surface area contributed by atoms with Crippen LogP contribution >= 0.6 is 0 Å². The summed E-state index contributed by atoms with van der Waals surface area (Å²) in [5.74, 6) is 0.284. The summed E-state index contributed by atoms with van der Waals surface area (Å²) in [4.78, 5) is 20.5. The predicted octanol–water partition coefficient (Wildman–Crippen LogP) is 0.430. The lowest BCUT2D eigenvalue weighted by Crippen LogP contribution is -2.51. The van der Waals surface area contributed by atoms with Gasteiger partial charge < -0.3 is 16.4 Å². The lowest BCUT2D eigenvalue weighted by Gasteiger charge is -2.39. The van der Waals surface area contributed by atoms with Crippen LogP contribution in [0.1, 0.15) is 30.1 Å². The van der Waals surface area contributed by atoms with Gasteiger partial charge in [0.05, 0.1) is 5.56 Å². The first-order chi connectivity index (χ1) is 10.2. The quantitative estimate of drug-likeness (QED) is 0.793. The molecule has 21 heavy (non-hydrogen) atoms. The molecule has 1 amide bonds. The maximum Gasteiger partial charge on any atom is 0.252 e. The molecule has 1 saturated heterocycles. The number of hydrogen-bond acceptors (Lipinski definition) is 5. The van der Waals surface area contributed by atoms with Gasteiger partial charge in [-0.2, -0.15) is 0 Å². The zero-order valence-electron chi connectivity index (χ0n) is 12.7. The van der Waals surface area contributed by atoms with Crippen molar-refractivity contribution in [2.75, 3.05) is 37.6 Å². The molecule has 0 aromatic carbocycles. The molecular formula is C15H25N5O. The number of hydrogen-bond donors (Lipinski definition) is 2. The maximum absolute atomic E-state index is 11.5. The van der Waals surface area contributed by atoms with E-state index in [1.807, 2.05) is 0 Å². The van der Waals surface area contributed by atoms with Crippen LogP contribution < -0.4 is 16.4 Å². The fourth-order valence-corrected chi connectivity index (χ4v) is 2.98. The molecular weight excluding hydrogens is 266 g/mol. The third-order valence-corrected chi connectivity index (χ3v) is 4.15. The lowest BCUT2D eigenvalue weighted by atomic mass is 10.1. The second kappa shape index (κ2) is 7.38. The first kappa shape index (κ1) is 15.7. The number of carbonyl (C=O) groups excluding carboxylic acids is 1. The molecule has 2 heterocycles. The van der Waals surface area contributed by atoms with Crippen molar-refractivity contribution in [3.8, 4) is 0 Å². The minimum atomic E-state index is -0.421. The number of amides is 1. The molecule has 0 aliphatic carbocycles. The Kier molecular flexibility index (Phi) is 5.52. The van der Waals surface area contributed by atoms with Gasteiger partial charge in [0.1, 0.15) is 5.82 Å². The van der Waals surface area contributed by atoms with Gasteiger partial charge in [-0.15, -0.1) is 0 Å². The molecule has 1 aliphatic heterocycles. The highest BCUT2D eigenvalue weighted by Crippen LogP contribution is 2.20. The molecule has 0 saturated carbocycles. The number of anilines is 1. The van der Waals surface area contributed by atoms with Gasteiger partial charge in [-0.3, -0.25) is 9.69 Å². The first-order valence-electron chi connectivity index (χ1n) is 7.61. The van der Waals surface area contributed by atoms with E-state index in [-0.39, 0.29) is 0 Å². The number of carbonyl (C=O) groups is 1. The van der Waals surface area contributed by atoms with E-state index in [0.717, 1.165) is 45.6 Å². The molecule has 0 radical (unpaired) electrons. The summed E-state index contributed by atoms with van der Waals surface area (Å²) in [6.07, 6.45) is 3.86. The van der Waals surface area contributed by atoms with E-state index < -0.39 is 5.91 Å². The number of primary amides is 1. The average molecular weight is 291 g/mol. The zero-order valence-corrected chi connectivity index (χ0v) is 12.7. The normalized spacial score (nSPS) is 17.7. The molecule has 1 aromatic rings. The van der Waals surface area contributed by atoms with Gasteiger partial charge in [-0.1, -0.05) is 6.92 Å². The lowest BCUT2D eigenvalue weighted by molar-refractivity contribution is 0.1000. The molecule has 1 aromatic heterocycles. The van der Waals surface area contributed by atoms with E-state index in [9.17, 15) is 4.79 Å². The fraction of sp³-hybridized carbons (Fsp3) is 0.600. The van der Waals surface area contributed by atoms with Crippen molar-refractivity contribution in [1.82, 2.24) is 9.88 Å². The highest BCUT2D eigenvalue weighted by molar-refractivity contribution is 5.97. The van der Waals surface area contributed by atoms with Gasteiger partial charge in [0.25, 0.3) is 5.91 Å². The van der Waals surface area contributed by atoms with Crippen molar-refractivity contribution >= 4 is 11.7 Å². The van der Waals surface area contributed by atoms with E-state index in [0.29, 0.717) is 17.4 Å². The highest BCUT2D eigenvalue weighted by atomic mass is 16.1. The van der Waals surface area contributed by atoms with Crippen LogP contribution in [0.5, 0.6) is 0 Å². The van der Waals surface area contributed by atoms with Crippen LogP contribution in [-0.2, 0) is 0 Å². The third kappa shape index (κ3) is 3.71. The smallest absolute Gasteiger partial charge is 0.252 e. The van der Waals surface area contributed by atoms with Crippen LogP contribution in [0.15, 0.2) is 18.3 Å². The SMILES string of the molecule is CCC(CCN)N1CCN(c2ncccc2C(N)=O)CC1. The Labute approximate surface area is 126 Å². The van der Waals surface area contributed by atoms with Crippen molar-refractivity contribution in [3.63, 3.8) is 0 Å². The molecule has 0 spiro atoms. The molecule has 1 atom stereocenters. The molecule has 1 aliphatic rings. The van der Waals surface area contributed by atoms with E-state index in [1.165, 1.54) is 0 Å². The Morgan fingerprint density at radius 2 is 2.10 bits per heavy atom. The number of aromatic nitrogens is 1. The minimum absolute atomic E-state index is 0.421. The number of piperazine rings is 1. The molecule has 6 heteroatoms. The van der Waals surface area contributed by atoms with Gasteiger partial charge in [0.15, 0.2) is 0 Å². The van der Waals surface area contributed by atoms with Crippen molar-refractivity contribution in [3.05, 3.63) is 23.9 Å². The van der Waals surface area contributed by atoms with Crippen LogP contribution in [0.3, 0.4) is 0 Å². The van der Waals surface area contributed by atoms with Crippen LogP contribution in [0.25, 0.3) is 0 Å². The van der Waals surface area contributed by atoms with Crippen molar-refractivity contribution in [2.45, 2.75) is 25.8 Å². The van der Waals surface area contributed by atoms with Crippen molar-refractivity contribution in [1.29, 1.82) is 0 Å². The Hall–Kier alpha value is -1.66. The largest absolute Gasteiger partial charge is 0.365 e. The second-order valence-corrected chi connectivity index (χ2v) is 5.40. The van der Waals surface area contributed by atoms with Gasteiger partial charge >= 0.3 is 0 Å². The molecule has 116 valence electrons. The monoisotopic (exact) mass is 291 g/mol. The summed E-state index contributed by atoms with van der Waals surface area (Å²) < 4.78 is 0.